The van der Waals surface area contributed by atoms with E-state index in [1.165, 1.54) is 31.4 Å². The topological polar surface area (TPSA) is 55.4 Å². The molecule has 0 aromatic heterocycles. The summed E-state index contributed by atoms with van der Waals surface area (Å²) >= 11 is 11.9. The summed E-state index contributed by atoms with van der Waals surface area (Å²) in [6.45, 7) is 1.88. The average molecular weight is 346 g/mol. The van der Waals surface area contributed by atoms with Crippen molar-refractivity contribution in [2.75, 3.05) is 11.8 Å². The van der Waals surface area contributed by atoms with Crippen LogP contribution in [0.25, 0.3) is 0 Å². The molecule has 0 saturated heterocycles. The second-order valence-electron chi connectivity index (χ2n) is 4.39. The van der Waals surface area contributed by atoms with Gasteiger partial charge in [0.15, 0.2) is 0 Å². The molecule has 0 unspecified atom stereocenters. The van der Waals surface area contributed by atoms with Crippen LogP contribution in [0.4, 0.5) is 5.69 Å². The van der Waals surface area contributed by atoms with Gasteiger partial charge in [-0.15, -0.1) is 0 Å². The van der Waals surface area contributed by atoms with Crippen LogP contribution in [-0.2, 0) is 10.0 Å². The van der Waals surface area contributed by atoms with Gasteiger partial charge in [-0.05, 0) is 25.1 Å². The van der Waals surface area contributed by atoms with E-state index in [0.717, 1.165) is 5.56 Å². The highest BCUT2D eigenvalue weighted by atomic mass is 35.5. The summed E-state index contributed by atoms with van der Waals surface area (Å²) in [7, 11) is -2.29. The number of hydrogen-bond acceptors (Lipinski definition) is 3. The molecule has 0 bridgehead atoms. The summed E-state index contributed by atoms with van der Waals surface area (Å²) in [6.07, 6.45) is 0. The zero-order valence-electron chi connectivity index (χ0n) is 11.4. The van der Waals surface area contributed by atoms with E-state index in [0.29, 0.717) is 10.8 Å². The minimum atomic E-state index is -3.72. The molecule has 4 nitrogen and oxygen atoms in total. The number of rotatable bonds is 4. The first-order valence-electron chi connectivity index (χ1n) is 5.96. The van der Waals surface area contributed by atoms with Gasteiger partial charge < -0.3 is 4.74 Å². The lowest BCUT2D eigenvalue weighted by Gasteiger charge is -2.12. The molecule has 0 aliphatic rings. The molecule has 21 heavy (non-hydrogen) atoms. The minimum Gasteiger partial charge on any atom is -0.495 e. The van der Waals surface area contributed by atoms with Crippen LogP contribution >= 0.6 is 23.2 Å². The van der Waals surface area contributed by atoms with Crippen molar-refractivity contribution >= 4 is 38.9 Å². The summed E-state index contributed by atoms with van der Waals surface area (Å²) in [5.41, 5.74) is 1.18. The van der Waals surface area contributed by atoms with Gasteiger partial charge in [0.25, 0.3) is 10.0 Å². The highest BCUT2D eigenvalue weighted by Crippen LogP contribution is 2.35. The molecular formula is C14H13Cl2NO3S. The fraction of sp³-hybridized carbons (Fsp3) is 0.143. The van der Waals surface area contributed by atoms with Gasteiger partial charge >= 0.3 is 0 Å². The first kappa shape index (κ1) is 15.9. The predicted octanol–water partition coefficient (Wildman–Crippen LogP) is 4.11. The molecule has 112 valence electrons. The highest BCUT2D eigenvalue weighted by molar-refractivity contribution is 7.92. The van der Waals surface area contributed by atoms with Crippen molar-refractivity contribution in [1.29, 1.82) is 0 Å². The van der Waals surface area contributed by atoms with Gasteiger partial charge in [-0.2, -0.15) is 0 Å². The third kappa shape index (κ3) is 3.61. The Morgan fingerprint density at radius 3 is 2.24 bits per heavy atom. The van der Waals surface area contributed by atoms with Crippen molar-refractivity contribution in [2.24, 2.45) is 0 Å². The minimum absolute atomic E-state index is 0.151. The second-order valence-corrected chi connectivity index (χ2v) is 6.88. The number of halogens is 2. The van der Waals surface area contributed by atoms with Crippen LogP contribution in [-0.4, -0.2) is 15.5 Å². The van der Waals surface area contributed by atoms with Gasteiger partial charge in [-0.25, -0.2) is 8.42 Å². The Bertz CT molecular complexity index is 759. The van der Waals surface area contributed by atoms with Crippen molar-refractivity contribution in [3.63, 3.8) is 0 Å². The van der Waals surface area contributed by atoms with E-state index in [4.69, 9.17) is 27.9 Å². The molecule has 0 radical (unpaired) electrons. The van der Waals surface area contributed by atoms with Crippen molar-refractivity contribution in [3.8, 4) is 5.75 Å². The molecular weight excluding hydrogens is 333 g/mol. The molecule has 1 N–H and O–H groups in total. The molecule has 0 aliphatic carbocycles. The van der Waals surface area contributed by atoms with E-state index in [1.807, 2.05) is 6.92 Å². The van der Waals surface area contributed by atoms with Gasteiger partial charge in [0.2, 0.25) is 0 Å². The third-order valence-corrected chi connectivity index (χ3v) is 4.81. The Morgan fingerprint density at radius 1 is 1.05 bits per heavy atom. The zero-order chi connectivity index (χ0) is 15.6. The van der Waals surface area contributed by atoms with Gasteiger partial charge in [-0.1, -0.05) is 40.9 Å². The Hall–Kier alpha value is -1.43. The summed E-state index contributed by atoms with van der Waals surface area (Å²) in [5.74, 6) is 0.336. The van der Waals surface area contributed by atoms with E-state index in [1.54, 1.807) is 12.1 Å². The van der Waals surface area contributed by atoms with Gasteiger partial charge in [0.05, 0.1) is 27.7 Å². The van der Waals surface area contributed by atoms with Crippen molar-refractivity contribution in [2.45, 2.75) is 11.8 Å². The Balaban J connectivity index is 2.39. The number of aryl methyl sites for hydroxylation is 1. The standard InChI is InChI=1S/C14H13Cl2NO3S/c1-9-3-5-10(6-4-9)21(18,19)17-13-8-14(20-2)12(16)7-11(13)15/h3-8,17H,1-2H3. The zero-order valence-corrected chi connectivity index (χ0v) is 13.7. The normalized spacial score (nSPS) is 11.2. The molecule has 0 heterocycles. The molecule has 2 aromatic rings. The van der Waals surface area contributed by atoms with Crippen LogP contribution < -0.4 is 9.46 Å². The van der Waals surface area contributed by atoms with E-state index in [2.05, 4.69) is 4.72 Å². The first-order valence-corrected chi connectivity index (χ1v) is 8.20. The van der Waals surface area contributed by atoms with Gasteiger partial charge in [0.1, 0.15) is 5.75 Å². The van der Waals surface area contributed by atoms with Crippen molar-refractivity contribution < 1.29 is 13.2 Å². The summed E-state index contributed by atoms with van der Waals surface area (Å²) in [6, 6.07) is 9.36. The smallest absolute Gasteiger partial charge is 0.261 e. The Kier molecular flexibility index (Phi) is 4.66. The summed E-state index contributed by atoms with van der Waals surface area (Å²) in [4.78, 5) is 0.151. The largest absolute Gasteiger partial charge is 0.495 e. The maximum absolute atomic E-state index is 12.3. The molecule has 0 fully saturated rings. The maximum atomic E-state index is 12.3. The van der Waals surface area contributed by atoms with Crippen molar-refractivity contribution in [3.05, 3.63) is 52.0 Å². The predicted molar refractivity (Wildman–Crippen MR) is 85.0 cm³/mol. The Morgan fingerprint density at radius 2 is 1.67 bits per heavy atom. The summed E-state index contributed by atoms with van der Waals surface area (Å²) < 4.78 is 32.1. The van der Waals surface area contributed by atoms with Crippen LogP contribution in [0.2, 0.25) is 10.0 Å². The third-order valence-electron chi connectivity index (χ3n) is 2.82. The van der Waals surface area contributed by atoms with Crippen LogP contribution in [0, 0.1) is 6.92 Å². The number of methoxy groups -OCH3 is 1. The van der Waals surface area contributed by atoms with Crippen molar-refractivity contribution in [1.82, 2.24) is 0 Å². The highest BCUT2D eigenvalue weighted by Gasteiger charge is 2.17. The lowest BCUT2D eigenvalue weighted by molar-refractivity contribution is 0.415. The quantitative estimate of drug-likeness (QED) is 0.906. The average Bonchev–Trinajstić information content (AvgIpc) is 2.42. The lowest BCUT2D eigenvalue weighted by Crippen LogP contribution is -2.13. The van der Waals surface area contributed by atoms with E-state index >= 15 is 0 Å². The Labute approximate surface area is 133 Å². The fourth-order valence-electron chi connectivity index (χ4n) is 1.68. The van der Waals surface area contributed by atoms with Crippen LogP contribution in [0.15, 0.2) is 41.3 Å². The number of hydrogen-bond donors (Lipinski definition) is 1. The summed E-state index contributed by atoms with van der Waals surface area (Å²) in [5, 5.41) is 0.497. The molecule has 0 aliphatic heterocycles. The van der Waals surface area contributed by atoms with E-state index < -0.39 is 10.0 Å². The van der Waals surface area contributed by atoms with Gasteiger partial charge in [0, 0.05) is 6.07 Å². The maximum Gasteiger partial charge on any atom is 0.261 e. The lowest BCUT2D eigenvalue weighted by atomic mass is 10.2. The molecule has 0 amide bonds. The van der Waals surface area contributed by atoms with Crippen LogP contribution in [0.1, 0.15) is 5.56 Å². The van der Waals surface area contributed by atoms with E-state index in [-0.39, 0.29) is 15.6 Å². The number of ether oxygens (including phenoxy) is 1. The number of sulfonamides is 1. The molecule has 7 heteroatoms. The first-order chi connectivity index (χ1) is 9.83. The van der Waals surface area contributed by atoms with Crippen LogP contribution in [0.5, 0.6) is 5.75 Å². The second kappa shape index (κ2) is 6.13. The molecule has 0 spiro atoms. The molecule has 2 aromatic carbocycles. The molecule has 0 atom stereocenters. The van der Waals surface area contributed by atoms with E-state index in [9.17, 15) is 8.42 Å². The SMILES string of the molecule is COc1cc(NS(=O)(=O)c2ccc(C)cc2)c(Cl)cc1Cl. The molecule has 0 saturated carbocycles. The number of anilines is 1. The monoisotopic (exact) mass is 345 g/mol. The molecule has 2 rings (SSSR count). The van der Waals surface area contributed by atoms with Crippen LogP contribution in [0.3, 0.4) is 0 Å². The van der Waals surface area contributed by atoms with Gasteiger partial charge in [-0.3, -0.25) is 4.72 Å². The number of benzene rings is 2. The fourth-order valence-corrected chi connectivity index (χ4v) is 3.32. The number of nitrogens with one attached hydrogen (secondary N) is 1.